The fourth-order valence-electron chi connectivity index (χ4n) is 0.615. The molecule has 54 valence electrons. The maximum absolute atomic E-state index is 12.4. The highest BCUT2D eigenvalue weighted by atomic mass is 32.2. The van der Waals surface area contributed by atoms with Crippen molar-refractivity contribution in [2.24, 2.45) is 0 Å². The zero-order valence-electron chi connectivity index (χ0n) is 5.50. The molecule has 0 saturated heterocycles. The molecule has 0 aliphatic rings. The lowest BCUT2D eigenvalue weighted by Crippen LogP contribution is -1.79. The lowest BCUT2D eigenvalue weighted by Gasteiger charge is -1.98. The Kier molecular flexibility index (Phi) is 2.57. The standard InChI is InChI=1S/C7H7FOS/c1-10-9-7-4-2-3-6(8)5-7/h2-5H,1H3. The maximum atomic E-state index is 12.4. The molecule has 0 bridgehead atoms. The summed E-state index contributed by atoms with van der Waals surface area (Å²) >= 11 is 1.20. The molecule has 0 aromatic heterocycles. The second-order valence-corrected chi connectivity index (χ2v) is 2.21. The first kappa shape index (κ1) is 7.41. The summed E-state index contributed by atoms with van der Waals surface area (Å²) in [5, 5.41) is 0. The molecule has 1 aromatic rings. The molecule has 0 saturated carbocycles. The lowest BCUT2D eigenvalue weighted by molar-refractivity contribution is 0.601. The van der Waals surface area contributed by atoms with Crippen molar-refractivity contribution in [1.82, 2.24) is 0 Å². The van der Waals surface area contributed by atoms with Crippen LogP contribution in [0.1, 0.15) is 0 Å². The monoisotopic (exact) mass is 158 g/mol. The second-order valence-electron chi connectivity index (χ2n) is 1.71. The molecule has 0 aliphatic carbocycles. The van der Waals surface area contributed by atoms with Crippen LogP contribution >= 0.6 is 12.0 Å². The van der Waals surface area contributed by atoms with Crippen molar-refractivity contribution in [2.45, 2.75) is 0 Å². The predicted octanol–water partition coefficient (Wildman–Crippen LogP) is 2.48. The van der Waals surface area contributed by atoms with Crippen LogP contribution in [0.3, 0.4) is 0 Å². The molecule has 1 nitrogen and oxygen atoms in total. The first-order valence-corrected chi connectivity index (χ1v) is 3.94. The van der Waals surface area contributed by atoms with Crippen LogP contribution in [0.25, 0.3) is 0 Å². The molecule has 10 heavy (non-hydrogen) atoms. The first-order valence-electron chi connectivity index (χ1n) is 2.79. The van der Waals surface area contributed by atoms with Crippen LogP contribution in [-0.4, -0.2) is 6.26 Å². The summed E-state index contributed by atoms with van der Waals surface area (Å²) in [6, 6.07) is 6.05. The molecule has 0 atom stereocenters. The number of hydrogen-bond donors (Lipinski definition) is 0. The Morgan fingerprint density at radius 3 is 2.90 bits per heavy atom. The van der Waals surface area contributed by atoms with E-state index in [0.717, 1.165) is 0 Å². The molecule has 1 rings (SSSR count). The van der Waals surface area contributed by atoms with E-state index < -0.39 is 0 Å². The quantitative estimate of drug-likeness (QED) is 0.611. The van der Waals surface area contributed by atoms with Crippen molar-refractivity contribution >= 4 is 12.0 Å². The molecule has 0 aliphatic heterocycles. The third-order valence-corrected chi connectivity index (χ3v) is 1.33. The third kappa shape index (κ3) is 1.92. The fraction of sp³-hybridized carbons (Fsp3) is 0.143. The molecule has 0 unspecified atom stereocenters. The van der Waals surface area contributed by atoms with Gasteiger partial charge in [0.1, 0.15) is 11.6 Å². The van der Waals surface area contributed by atoms with E-state index in [1.165, 1.54) is 24.2 Å². The van der Waals surface area contributed by atoms with Gasteiger partial charge in [0, 0.05) is 12.3 Å². The summed E-state index contributed by atoms with van der Waals surface area (Å²) in [6.07, 6.45) is 1.78. The van der Waals surface area contributed by atoms with E-state index >= 15 is 0 Å². The molecular weight excluding hydrogens is 151 g/mol. The van der Waals surface area contributed by atoms with E-state index in [4.69, 9.17) is 4.18 Å². The van der Waals surface area contributed by atoms with Crippen LogP contribution in [0.5, 0.6) is 5.75 Å². The van der Waals surface area contributed by atoms with Gasteiger partial charge in [-0.05, 0) is 12.1 Å². The van der Waals surface area contributed by atoms with Crippen molar-refractivity contribution in [3.05, 3.63) is 30.1 Å². The average molecular weight is 158 g/mol. The molecular formula is C7H7FOS. The van der Waals surface area contributed by atoms with E-state index in [9.17, 15) is 4.39 Å². The lowest BCUT2D eigenvalue weighted by atomic mass is 10.3. The summed E-state index contributed by atoms with van der Waals surface area (Å²) in [5.41, 5.74) is 0. The Morgan fingerprint density at radius 1 is 1.50 bits per heavy atom. The van der Waals surface area contributed by atoms with Crippen LogP contribution in [0.4, 0.5) is 4.39 Å². The minimum Gasteiger partial charge on any atom is -0.426 e. The number of halogens is 1. The molecule has 1 aromatic carbocycles. The minimum absolute atomic E-state index is 0.272. The maximum Gasteiger partial charge on any atom is 0.140 e. The highest BCUT2D eigenvalue weighted by molar-refractivity contribution is 7.94. The van der Waals surface area contributed by atoms with Gasteiger partial charge in [0.2, 0.25) is 0 Å². The van der Waals surface area contributed by atoms with Gasteiger partial charge in [-0.15, -0.1) is 0 Å². The van der Waals surface area contributed by atoms with Gasteiger partial charge in [0.15, 0.2) is 0 Å². The first-order chi connectivity index (χ1) is 4.83. The van der Waals surface area contributed by atoms with E-state index in [1.807, 2.05) is 0 Å². The average Bonchev–Trinajstić information content (AvgIpc) is 1.88. The Morgan fingerprint density at radius 2 is 2.30 bits per heavy atom. The van der Waals surface area contributed by atoms with E-state index in [0.29, 0.717) is 5.75 Å². The van der Waals surface area contributed by atoms with Crippen molar-refractivity contribution in [2.75, 3.05) is 6.26 Å². The van der Waals surface area contributed by atoms with Gasteiger partial charge in [0.25, 0.3) is 0 Å². The van der Waals surface area contributed by atoms with Crippen molar-refractivity contribution in [3.63, 3.8) is 0 Å². The molecule has 3 heteroatoms. The Bertz CT molecular complexity index is 215. The predicted molar refractivity (Wildman–Crippen MR) is 40.5 cm³/mol. The third-order valence-electron chi connectivity index (χ3n) is 0.976. The van der Waals surface area contributed by atoms with Crippen molar-refractivity contribution in [3.8, 4) is 5.75 Å². The Balaban J connectivity index is 2.75. The van der Waals surface area contributed by atoms with Crippen LogP contribution in [-0.2, 0) is 0 Å². The van der Waals surface area contributed by atoms with E-state index in [2.05, 4.69) is 0 Å². The second kappa shape index (κ2) is 3.46. The highest BCUT2D eigenvalue weighted by Gasteiger charge is 1.92. The van der Waals surface area contributed by atoms with Crippen LogP contribution in [0.2, 0.25) is 0 Å². The topological polar surface area (TPSA) is 9.23 Å². The Labute approximate surface area is 63.4 Å². The number of rotatable bonds is 2. The van der Waals surface area contributed by atoms with E-state index in [1.54, 1.807) is 18.4 Å². The van der Waals surface area contributed by atoms with Gasteiger partial charge in [-0.1, -0.05) is 6.07 Å². The zero-order chi connectivity index (χ0) is 7.40. The summed E-state index contributed by atoms with van der Waals surface area (Å²) in [5.74, 6) is 0.277. The van der Waals surface area contributed by atoms with Crippen LogP contribution in [0.15, 0.2) is 24.3 Å². The molecule has 0 heterocycles. The number of benzene rings is 1. The number of hydrogen-bond acceptors (Lipinski definition) is 2. The van der Waals surface area contributed by atoms with Gasteiger partial charge in [0.05, 0.1) is 12.0 Å². The summed E-state index contributed by atoms with van der Waals surface area (Å²) in [7, 11) is 0. The minimum atomic E-state index is -0.272. The molecule has 0 N–H and O–H groups in total. The fourth-order valence-corrected chi connectivity index (χ4v) is 0.911. The SMILES string of the molecule is CSOc1cccc(F)c1. The van der Waals surface area contributed by atoms with Gasteiger partial charge in [-0.2, -0.15) is 0 Å². The van der Waals surface area contributed by atoms with Gasteiger partial charge < -0.3 is 4.18 Å². The normalized spacial score (nSPS) is 9.40. The van der Waals surface area contributed by atoms with Crippen LogP contribution in [0, 0.1) is 5.82 Å². The summed E-state index contributed by atoms with van der Waals surface area (Å²) in [4.78, 5) is 0. The van der Waals surface area contributed by atoms with Crippen molar-refractivity contribution < 1.29 is 8.57 Å². The van der Waals surface area contributed by atoms with Gasteiger partial charge in [-0.25, -0.2) is 4.39 Å². The largest absolute Gasteiger partial charge is 0.426 e. The molecule has 0 radical (unpaired) electrons. The molecule has 0 spiro atoms. The smallest absolute Gasteiger partial charge is 0.140 e. The highest BCUT2D eigenvalue weighted by Crippen LogP contribution is 2.15. The van der Waals surface area contributed by atoms with Crippen LogP contribution < -0.4 is 4.18 Å². The zero-order valence-corrected chi connectivity index (χ0v) is 6.32. The van der Waals surface area contributed by atoms with Crippen molar-refractivity contribution in [1.29, 1.82) is 0 Å². The molecule has 0 amide bonds. The van der Waals surface area contributed by atoms with Gasteiger partial charge >= 0.3 is 0 Å². The van der Waals surface area contributed by atoms with E-state index in [-0.39, 0.29) is 5.82 Å². The Hall–Kier alpha value is -0.700. The molecule has 0 fully saturated rings. The summed E-state index contributed by atoms with van der Waals surface area (Å²) in [6.45, 7) is 0. The summed E-state index contributed by atoms with van der Waals surface area (Å²) < 4.78 is 17.4. The van der Waals surface area contributed by atoms with Gasteiger partial charge in [-0.3, -0.25) is 0 Å².